The molecule has 6 nitrogen and oxygen atoms in total. The van der Waals surface area contributed by atoms with Crippen molar-refractivity contribution >= 4 is 10.0 Å². The van der Waals surface area contributed by atoms with E-state index in [2.05, 4.69) is 10.2 Å². The summed E-state index contributed by atoms with van der Waals surface area (Å²) in [5, 5.41) is 12.8. The van der Waals surface area contributed by atoms with E-state index in [9.17, 15) is 8.42 Å². The molecule has 2 saturated carbocycles. The Bertz CT molecular complexity index is 514. The number of aromatic nitrogens is 3. The summed E-state index contributed by atoms with van der Waals surface area (Å²) >= 11 is 0. The van der Waals surface area contributed by atoms with Crippen molar-refractivity contribution < 1.29 is 8.42 Å². The molecule has 7 heteroatoms. The van der Waals surface area contributed by atoms with E-state index in [4.69, 9.17) is 5.14 Å². The van der Waals surface area contributed by atoms with Crippen LogP contribution in [0.3, 0.4) is 0 Å². The number of rotatable bonds is 4. The van der Waals surface area contributed by atoms with Gasteiger partial charge in [0.1, 0.15) is 5.82 Å². The fraction of sp³-hybridized carbons (Fsp3) is 0.778. The lowest BCUT2D eigenvalue weighted by atomic mass is 10.3. The first-order valence-electron chi connectivity index (χ1n) is 5.52. The Morgan fingerprint density at radius 3 is 2.44 bits per heavy atom. The maximum Gasteiger partial charge on any atom is 0.273 e. The molecule has 1 heterocycles. The van der Waals surface area contributed by atoms with E-state index in [1.54, 1.807) is 4.57 Å². The molecule has 0 atom stereocenters. The van der Waals surface area contributed by atoms with Gasteiger partial charge in [0.25, 0.3) is 15.2 Å². The van der Waals surface area contributed by atoms with Gasteiger partial charge in [0.05, 0.1) is 0 Å². The van der Waals surface area contributed by atoms with Gasteiger partial charge in [-0.3, -0.25) is 4.57 Å². The van der Waals surface area contributed by atoms with Gasteiger partial charge in [-0.25, -0.2) is 13.6 Å². The highest BCUT2D eigenvalue weighted by molar-refractivity contribution is 7.89. The van der Waals surface area contributed by atoms with Gasteiger partial charge in [0.15, 0.2) is 0 Å². The van der Waals surface area contributed by atoms with Gasteiger partial charge in [-0.05, 0) is 31.6 Å². The largest absolute Gasteiger partial charge is 0.298 e. The molecule has 0 unspecified atom stereocenters. The fourth-order valence-corrected chi connectivity index (χ4v) is 2.60. The first kappa shape index (κ1) is 10.2. The zero-order chi connectivity index (χ0) is 11.3. The molecule has 2 fully saturated rings. The first-order valence-corrected chi connectivity index (χ1v) is 7.07. The first-order chi connectivity index (χ1) is 7.55. The molecule has 1 aromatic rings. The molecule has 0 aromatic carbocycles. The highest BCUT2D eigenvalue weighted by atomic mass is 32.2. The molecule has 3 rings (SSSR count). The van der Waals surface area contributed by atoms with Crippen molar-refractivity contribution in [1.82, 2.24) is 14.8 Å². The van der Waals surface area contributed by atoms with Crippen LogP contribution in [0.15, 0.2) is 5.16 Å². The van der Waals surface area contributed by atoms with Gasteiger partial charge >= 0.3 is 0 Å². The van der Waals surface area contributed by atoms with E-state index in [0.717, 1.165) is 25.1 Å². The minimum Gasteiger partial charge on any atom is -0.298 e. The lowest BCUT2D eigenvalue weighted by Crippen LogP contribution is -2.19. The van der Waals surface area contributed by atoms with Crippen LogP contribution in [0.5, 0.6) is 0 Å². The van der Waals surface area contributed by atoms with Crippen LogP contribution in [0, 0.1) is 5.92 Å². The highest BCUT2D eigenvalue weighted by Gasteiger charge is 2.34. The Kier molecular flexibility index (Phi) is 2.09. The van der Waals surface area contributed by atoms with Crippen molar-refractivity contribution in [2.45, 2.75) is 43.3 Å². The number of sulfonamides is 1. The molecular weight excluding hydrogens is 228 g/mol. The molecule has 2 aliphatic carbocycles. The van der Waals surface area contributed by atoms with Gasteiger partial charge in [-0.15, -0.1) is 10.2 Å². The zero-order valence-electron chi connectivity index (χ0n) is 8.83. The number of hydrogen-bond donors (Lipinski definition) is 1. The second-order valence-corrected chi connectivity index (χ2v) is 6.15. The van der Waals surface area contributed by atoms with Crippen LogP contribution in [-0.2, 0) is 16.4 Å². The molecule has 16 heavy (non-hydrogen) atoms. The Hall–Kier alpha value is -0.950. The van der Waals surface area contributed by atoms with Crippen molar-refractivity contribution in [3.8, 4) is 0 Å². The van der Waals surface area contributed by atoms with Crippen molar-refractivity contribution in [3.63, 3.8) is 0 Å². The van der Waals surface area contributed by atoms with Crippen molar-refractivity contribution in [3.05, 3.63) is 5.82 Å². The van der Waals surface area contributed by atoms with Crippen molar-refractivity contribution in [2.24, 2.45) is 11.1 Å². The van der Waals surface area contributed by atoms with E-state index in [1.165, 1.54) is 12.8 Å². The summed E-state index contributed by atoms with van der Waals surface area (Å²) in [6.07, 6.45) is 5.25. The standard InChI is InChI=1S/C9H14N4O2S/c10-16(14,15)9-12-11-8(5-6-1-2-6)13(9)7-3-4-7/h6-7H,1-5H2,(H2,10,14,15). The van der Waals surface area contributed by atoms with E-state index in [0.29, 0.717) is 5.92 Å². The molecule has 0 bridgehead atoms. The van der Waals surface area contributed by atoms with Gasteiger partial charge < -0.3 is 0 Å². The van der Waals surface area contributed by atoms with E-state index >= 15 is 0 Å². The second kappa shape index (κ2) is 3.27. The summed E-state index contributed by atoms with van der Waals surface area (Å²) in [6.45, 7) is 0. The number of hydrogen-bond acceptors (Lipinski definition) is 4. The van der Waals surface area contributed by atoms with Gasteiger partial charge in [0.2, 0.25) is 0 Å². The minimum absolute atomic E-state index is 0.0642. The lowest BCUT2D eigenvalue weighted by molar-refractivity contribution is 0.554. The van der Waals surface area contributed by atoms with E-state index < -0.39 is 10.0 Å². The van der Waals surface area contributed by atoms with Gasteiger partial charge in [0, 0.05) is 12.5 Å². The third-order valence-electron chi connectivity index (χ3n) is 3.07. The maximum absolute atomic E-state index is 11.4. The van der Waals surface area contributed by atoms with Crippen molar-refractivity contribution in [1.29, 1.82) is 0 Å². The summed E-state index contributed by atoms with van der Waals surface area (Å²) in [7, 11) is -3.74. The monoisotopic (exact) mass is 242 g/mol. The number of primary sulfonamides is 1. The molecule has 2 aliphatic rings. The molecule has 0 saturated heterocycles. The second-order valence-electron chi connectivity index (χ2n) is 4.69. The predicted molar refractivity (Wildman–Crippen MR) is 56.1 cm³/mol. The zero-order valence-corrected chi connectivity index (χ0v) is 9.65. The average molecular weight is 242 g/mol. The smallest absolute Gasteiger partial charge is 0.273 e. The van der Waals surface area contributed by atoms with Crippen LogP contribution in [0.2, 0.25) is 0 Å². The molecule has 0 spiro atoms. The lowest BCUT2D eigenvalue weighted by Gasteiger charge is -2.06. The van der Waals surface area contributed by atoms with Crippen LogP contribution in [0.1, 0.15) is 37.5 Å². The Morgan fingerprint density at radius 1 is 1.25 bits per heavy atom. The van der Waals surface area contributed by atoms with E-state index in [1.807, 2.05) is 0 Å². The quantitative estimate of drug-likeness (QED) is 0.817. The Balaban J connectivity index is 2.01. The molecule has 1 aromatic heterocycles. The van der Waals surface area contributed by atoms with Crippen LogP contribution >= 0.6 is 0 Å². The third-order valence-corrected chi connectivity index (χ3v) is 3.86. The topological polar surface area (TPSA) is 90.9 Å². The molecule has 0 amide bonds. The Morgan fingerprint density at radius 2 is 1.94 bits per heavy atom. The summed E-state index contributed by atoms with van der Waals surface area (Å²) in [5.41, 5.74) is 0. The van der Waals surface area contributed by atoms with Gasteiger partial charge in [-0.2, -0.15) is 0 Å². The molecule has 0 radical (unpaired) electrons. The molecule has 88 valence electrons. The number of nitrogens with two attached hydrogens (primary N) is 1. The number of nitrogens with zero attached hydrogens (tertiary/aromatic N) is 3. The normalized spacial score (nSPS) is 21.3. The van der Waals surface area contributed by atoms with Crippen LogP contribution in [0.4, 0.5) is 0 Å². The predicted octanol–water partition coefficient (Wildman–Crippen LogP) is 0.213. The van der Waals surface area contributed by atoms with E-state index in [-0.39, 0.29) is 11.2 Å². The third kappa shape index (κ3) is 1.84. The van der Waals surface area contributed by atoms with Crippen LogP contribution < -0.4 is 5.14 Å². The SMILES string of the molecule is NS(=O)(=O)c1nnc(CC2CC2)n1C1CC1. The summed E-state index contributed by atoms with van der Waals surface area (Å²) in [5.74, 6) is 1.45. The molecular formula is C9H14N4O2S. The van der Waals surface area contributed by atoms with Crippen LogP contribution in [-0.4, -0.2) is 23.2 Å². The molecule has 2 N–H and O–H groups in total. The van der Waals surface area contributed by atoms with Crippen molar-refractivity contribution in [2.75, 3.05) is 0 Å². The Labute approximate surface area is 93.9 Å². The fourth-order valence-electron chi connectivity index (χ4n) is 1.92. The minimum atomic E-state index is -3.74. The highest BCUT2D eigenvalue weighted by Crippen LogP contribution is 2.39. The molecule has 0 aliphatic heterocycles. The summed E-state index contributed by atoms with van der Waals surface area (Å²) in [4.78, 5) is 0. The summed E-state index contributed by atoms with van der Waals surface area (Å²) < 4.78 is 24.4. The average Bonchev–Trinajstić information content (AvgIpc) is 3.05. The van der Waals surface area contributed by atoms with Gasteiger partial charge in [-0.1, -0.05) is 0 Å². The summed E-state index contributed by atoms with van der Waals surface area (Å²) in [6, 6.07) is 0.247. The van der Waals surface area contributed by atoms with Crippen LogP contribution in [0.25, 0.3) is 0 Å². The maximum atomic E-state index is 11.4.